The van der Waals surface area contributed by atoms with Crippen LogP contribution in [0.25, 0.3) is 0 Å². The molecule has 0 bridgehead atoms. The van der Waals surface area contributed by atoms with Crippen molar-refractivity contribution in [3.05, 3.63) is 53.6 Å². The van der Waals surface area contributed by atoms with Gasteiger partial charge in [0.15, 0.2) is 11.5 Å². The molecule has 0 fully saturated rings. The van der Waals surface area contributed by atoms with E-state index in [4.69, 9.17) is 9.47 Å². The Labute approximate surface area is 164 Å². The molecule has 1 aliphatic rings. The molecule has 9 heteroatoms. The first-order valence-corrected chi connectivity index (χ1v) is 10.5. The third kappa shape index (κ3) is 5.37. The Kier molecular flexibility index (Phi) is 6.05. The van der Waals surface area contributed by atoms with Crippen molar-refractivity contribution in [2.75, 3.05) is 12.1 Å². The molecule has 0 saturated carbocycles. The number of hydrogen-bond acceptors (Lipinski definition) is 5. The molecular weight excluding hydrogens is 382 g/mol. The zero-order valence-corrected chi connectivity index (χ0v) is 16.5. The van der Waals surface area contributed by atoms with Gasteiger partial charge in [-0.25, -0.2) is 17.9 Å². The number of anilines is 1. The standard InChI is InChI=1S/C19H23N3O5S/c1-13(2)22-28(24,25)11-15-6-4-3-5-14(15)10-20-19(23)21-16-7-8-17-18(9-16)27-12-26-17/h3-9,13,22H,10-12H2,1-2H3,(H2,20,21,23). The average molecular weight is 405 g/mol. The Morgan fingerprint density at radius 1 is 1.07 bits per heavy atom. The third-order valence-electron chi connectivity index (χ3n) is 3.95. The minimum absolute atomic E-state index is 0.146. The monoisotopic (exact) mass is 405 g/mol. The smallest absolute Gasteiger partial charge is 0.319 e. The topological polar surface area (TPSA) is 106 Å². The molecule has 150 valence electrons. The lowest BCUT2D eigenvalue weighted by Crippen LogP contribution is -2.32. The second-order valence-electron chi connectivity index (χ2n) is 6.68. The number of urea groups is 1. The van der Waals surface area contributed by atoms with Crippen LogP contribution in [0.4, 0.5) is 10.5 Å². The van der Waals surface area contributed by atoms with Crippen molar-refractivity contribution >= 4 is 21.7 Å². The van der Waals surface area contributed by atoms with E-state index in [1.165, 1.54) is 0 Å². The Morgan fingerprint density at radius 2 is 1.79 bits per heavy atom. The van der Waals surface area contributed by atoms with Gasteiger partial charge in [-0.3, -0.25) is 0 Å². The van der Waals surface area contributed by atoms with Crippen molar-refractivity contribution in [1.82, 2.24) is 10.0 Å². The molecule has 3 N–H and O–H groups in total. The molecule has 0 radical (unpaired) electrons. The lowest BCUT2D eigenvalue weighted by molar-refractivity contribution is 0.174. The van der Waals surface area contributed by atoms with Crippen LogP contribution in [0.3, 0.4) is 0 Å². The zero-order valence-electron chi connectivity index (χ0n) is 15.7. The molecule has 0 aromatic heterocycles. The van der Waals surface area contributed by atoms with E-state index in [1.54, 1.807) is 56.3 Å². The molecule has 0 spiro atoms. The van der Waals surface area contributed by atoms with Crippen molar-refractivity contribution in [1.29, 1.82) is 0 Å². The zero-order chi connectivity index (χ0) is 20.1. The highest BCUT2D eigenvalue weighted by molar-refractivity contribution is 7.88. The van der Waals surface area contributed by atoms with Crippen molar-refractivity contribution in [3.8, 4) is 11.5 Å². The van der Waals surface area contributed by atoms with Crippen LogP contribution in [0.1, 0.15) is 25.0 Å². The molecule has 0 unspecified atom stereocenters. The van der Waals surface area contributed by atoms with E-state index < -0.39 is 16.1 Å². The van der Waals surface area contributed by atoms with Crippen molar-refractivity contribution in [3.63, 3.8) is 0 Å². The first-order chi connectivity index (χ1) is 13.3. The van der Waals surface area contributed by atoms with Crippen LogP contribution in [0.15, 0.2) is 42.5 Å². The third-order valence-corrected chi connectivity index (χ3v) is 5.47. The van der Waals surface area contributed by atoms with Gasteiger partial charge in [-0.2, -0.15) is 0 Å². The lowest BCUT2D eigenvalue weighted by Gasteiger charge is -2.14. The number of nitrogens with one attached hydrogen (secondary N) is 3. The van der Waals surface area contributed by atoms with E-state index in [-0.39, 0.29) is 25.1 Å². The van der Waals surface area contributed by atoms with Gasteiger partial charge in [0.05, 0.1) is 5.75 Å². The summed E-state index contributed by atoms with van der Waals surface area (Å²) in [5.41, 5.74) is 1.94. The highest BCUT2D eigenvalue weighted by Crippen LogP contribution is 2.34. The van der Waals surface area contributed by atoms with Crippen molar-refractivity contribution in [2.45, 2.75) is 32.2 Å². The molecule has 0 aliphatic carbocycles. The molecular formula is C19H23N3O5S. The Bertz CT molecular complexity index is 960. The van der Waals surface area contributed by atoms with Crippen molar-refractivity contribution in [2.24, 2.45) is 0 Å². The number of fused-ring (bicyclic) bond motifs is 1. The van der Waals surface area contributed by atoms with Crippen LogP contribution < -0.4 is 24.8 Å². The SMILES string of the molecule is CC(C)NS(=O)(=O)Cc1ccccc1CNC(=O)Nc1ccc2c(c1)OCO2. The van der Waals surface area contributed by atoms with E-state index in [1.807, 2.05) is 0 Å². The van der Waals surface area contributed by atoms with Crippen LogP contribution in [0.2, 0.25) is 0 Å². The van der Waals surface area contributed by atoms with Crippen molar-refractivity contribution < 1.29 is 22.7 Å². The number of benzene rings is 2. The van der Waals surface area contributed by atoms with Gasteiger partial charge in [0.1, 0.15) is 0 Å². The quantitative estimate of drug-likeness (QED) is 0.657. The predicted octanol–water partition coefficient (Wildman–Crippen LogP) is 2.56. The summed E-state index contributed by atoms with van der Waals surface area (Å²) in [4.78, 5) is 12.2. The molecule has 28 heavy (non-hydrogen) atoms. The van der Waals surface area contributed by atoms with Crippen LogP contribution in [-0.2, 0) is 22.3 Å². The van der Waals surface area contributed by atoms with Gasteiger partial charge in [-0.05, 0) is 37.1 Å². The second kappa shape index (κ2) is 8.49. The van der Waals surface area contributed by atoms with Gasteiger partial charge in [-0.1, -0.05) is 24.3 Å². The highest BCUT2D eigenvalue weighted by Gasteiger charge is 2.16. The fourth-order valence-corrected chi connectivity index (χ4v) is 4.29. The fraction of sp³-hybridized carbons (Fsp3) is 0.316. The van der Waals surface area contributed by atoms with Gasteiger partial charge in [0.2, 0.25) is 16.8 Å². The number of ether oxygens (including phenoxy) is 2. The maximum absolute atomic E-state index is 12.2. The van der Waals surface area contributed by atoms with Gasteiger partial charge in [0.25, 0.3) is 0 Å². The summed E-state index contributed by atoms with van der Waals surface area (Å²) >= 11 is 0. The van der Waals surface area contributed by atoms with E-state index in [2.05, 4.69) is 15.4 Å². The Morgan fingerprint density at radius 3 is 2.54 bits per heavy atom. The van der Waals surface area contributed by atoms with E-state index in [0.717, 1.165) is 5.56 Å². The highest BCUT2D eigenvalue weighted by atomic mass is 32.2. The number of carbonyl (C=O) groups excluding carboxylic acids is 1. The normalized spacial score (nSPS) is 12.8. The largest absolute Gasteiger partial charge is 0.454 e. The minimum Gasteiger partial charge on any atom is -0.454 e. The van der Waals surface area contributed by atoms with Crippen LogP contribution >= 0.6 is 0 Å². The van der Waals surface area contributed by atoms with E-state index >= 15 is 0 Å². The summed E-state index contributed by atoms with van der Waals surface area (Å²) in [5, 5.41) is 5.46. The average Bonchev–Trinajstić information content (AvgIpc) is 3.07. The molecule has 3 rings (SSSR count). The van der Waals surface area contributed by atoms with Gasteiger partial charge in [0, 0.05) is 24.3 Å². The maximum Gasteiger partial charge on any atom is 0.319 e. The minimum atomic E-state index is -3.45. The first kappa shape index (κ1) is 20.0. The van der Waals surface area contributed by atoms with Crippen LogP contribution in [-0.4, -0.2) is 27.3 Å². The summed E-state index contributed by atoms with van der Waals surface area (Å²) in [5.74, 6) is 1.06. The molecule has 2 aromatic carbocycles. The second-order valence-corrected chi connectivity index (χ2v) is 8.43. The number of carbonyl (C=O) groups is 1. The lowest BCUT2D eigenvalue weighted by atomic mass is 10.1. The van der Waals surface area contributed by atoms with Crippen LogP contribution in [0.5, 0.6) is 11.5 Å². The fourth-order valence-electron chi connectivity index (χ4n) is 2.80. The summed E-state index contributed by atoms with van der Waals surface area (Å²) in [6.45, 7) is 3.90. The Balaban J connectivity index is 1.60. The summed E-state index contributed by atoms with van der Waals surface area (Å²) in [6, 6.07) is 11.6. The summed E-state index contributed by atoms with van der Waals surface area (Å²) in [7, 11) is -3.45. The predicted molar refractivity (Wildman–Crippen MR) is 106 cm³/mol. The molecule has 8 nitrogen and oxygen atoms in total. The molecule has 0 saturated heterocycles. The number of rotatable bonds is 7. The number of amides is 2. The van der Waals surface area contributed by atoms with Gasteiger partial charge >= 0.3 is 6.03 Å². The molecule has 2 aromatic rings. The Hall–Kier alpha value is -2.78. The van der Waals surface area contributed by atoms with E-state index in [0.29, 0.717) is 22.7 Å². The molecule has 2 amide bonds. The summed E-state index contributed by atoms with van der Waals surface area (Å²) in [6.07, 6.45) is 0. The number of sulfonamides is 1. The molecule has 1 aliphatic heterocycles. The van der Waals surface area contributed by atoms with Crippen LogP contribution in [0, 0.1) is 0 Å². The first-order valence-electron chi connectivity index (χ1n) is 8.84. The number of hydrogen-bond donors (Lipinski definition) is 3. The molecule has 1 heterocycles. The molecule has 0 atom stereocenters. The van der Waals surface area contributed by atoms with Gasteiger partial charge < -0.3 is 20.1 Å². The van der Waals surface area contributed by atoms with E-state index in [9.17, 15) is 13.2 Å². The van der Waals surface area contributed by atoms with Gasteiger partial charge in [-0.15, -0.1) is 0 Å². The summed E-state index contributed by atoms with van der Waals surface area (Å²) < 4.78 is 37.5. The maximum atomic E-state index is 12.2.